The highest BCUT2D eigenvalue weighted by atomic mass is 16.1. The molecule has 104 valence electrons. The summed E-state index contributed by atoms with van der Waals surface area (Å²) >= 11 is 0. The van der Waals surface area contributed by atoms with Crippen LogP contribution in [0.5, 0.6) is 0 Å². The van der Waals surface area contributed by atoms with Gasteiger partial charge in [0.25, 0.3) is 5.91 Å². The second kappa shape index (κ2) is 6.60. The average Bonchev–Trinajstić information content (AvgIpc) is 2.89. The molecule has 0 heterocycles. The van der Waals surface area contributed by atoms with E-state index in [1.165, 1.54) is 25.7 Å². The lowest BCUT2D eigenvalue weighted by atomic mass is 10.1. The van der Waals surface area contributed by atoms with Gasteiger partial charge in [-0.2, -0.15) is 0 Å². The second-order valence-electron chi connectivity index (χ2n) is 5.71. The van der Waals surface area contributed by atoms with Crippen LogP contribution in [0.25, 0.3) is 0 Å². The van der Waals surface area contributed by atoms with E-state index in [0.717, 1.165) is 17.8 Å². The van der Waals surface area contributed by atoms with Crippen molar-refractivity contribution in [2.24, 2.45) is 5.92 Å². The first-order valence-electron chi connectivity index (χ1n) is 7.30. The van der Waals surface area contributed by atoms with Crippen molar-refractivity contribution in [3.63, 3.8) is 0 Å². The van der Waals surface area contributed by atoms with Crippen molar-refractivity contribution in [3.05, 3.63) is 29.8 Å². The summed E-state index contributed by atoms with van der Waals surface area (Å²) in [6, 6.07) is 8.04. The normalized spacial score (nSPS) is 15.7. The Morgan fingerprint density at radius 2 is 1.95 bits per heavy atom. The van der Waals surface area contributed by atoms with E-state index in [1.54, 1.807) is 0 Å². The van der Waals surface area contributed by atoms with E-state index in [1.807, 2.05) is 24.3 Å². The first-order chi connectivity index (χ1) is 9.16. The fourth-order valence-electron chi connectivity index (χ4n) is 2.66. The number of hydrogen-bond donors (Lipinski definition) is 2. The van der Waals surface area contributed by atoms with E-state index >= 15 is 0 Å². The maximum absolute atomic E-state index is 12.3. The van der Waals surface area contributed by atoms with Crippen LogP contribution in [0.4, 0.5) is 5.69 Å². The molecule has 1 amide bonds. The molecule has 0 atom stereocenters. The summed E-state index contributed by atoms with van der Waals surface area (Å²) in [5.41, 5.74) is 1.66. The van der Waals surface area contributed by atoms with Crippen LogP contribution >= 0.6 is 0 Å². The quantitative estimate of drug-likeness (QED) is 0.851. The summed E-state index contributed by atoms with van der Waals surface area (Å²) in [7, 11) is 0. The summed E-state index contributed by atoms with van der Waals surface area (Å²) in [6.07, 6.45) is 5.14. The second-order valence-corrected chi connectivity index (χ2v) is 5.71. The minimum absolute atomic E-state index is 0.0376. The van der Waals surface area contributed by atoms with Gasteiger partial charge in [0.2, 0.25) is 0 Å². The Kier molecular flexibility index (Phi) is 4.83. The molecule has 1 aliphatic rings. The van der Waals surface area contributed by atoms with Gasteiger partial charge in [0, 0.05) is 18.3 Å². The molecule has 0 spiro atoms. The van der Waals surface area contributed by atoms with Crippen LogP contribution < -0.4 is 10.6 Å². The Morgan fingerprint density at radius 3 is 2.63 bits per heavy atom. The van der Waals surface area contributed by atoms with E-state index in [9.17, 15) is 4.79 Å². The van der Waals surface area contributed by atoms with Crippen LogP contribution in [-0.4, -0.2) is 18.5 Å². The number of nitrogens with one attached hydrogen (secondary N) is 2. The van der Waals surface area contributed by atoms with E-state index in [2.05, 4.69) is 24.5 Å². The van der Waals surface area contributed by atoms with Gasteiger partial charge in [-0.05, 0) is 44.7 Å². The van der Waals surface area contributed by atoms with Crippen LogP contribution in [0.1, 0.15) is 49.9 Å². The van der Waals surface area contributed by atoms with Gasteiger partial charge in [0.05, 0.1) is 5.56 Å². The van der Waals surface area contributed by atoms with Crippen LogP contribution in [0.15, 0.2) is 24.3 Å². The average molecular weight is 260 g/mol. The van der Waals surface area contributed by atoms with Gasteiger partial charge in [-0.3, -0.25) is 4.79 Å². The summed E-state index contributed by atoms with van der Waals surface area (Å²) in [5, 5.41) is 6.40. The number of amides is 1. The minimum Gasteiger partial charge on any atom is -0.382 e. The van der Waals surface area contributed by atoms with Crippen LogP contribution in [0.3, 0.4) is 0 Å². The summed E-state index contributed by atoms with van der Waals surface area (Å²) < 4.78 is 0. The zero-order valence-electron chi connectivity index (χ0n) is 11.9. The molecule has 0 unspecified atom stereocenters. The highest BCUT2D eigenvalue weighted by Gasteiger charge is 2.17. The van der Waals surface area contributed by atoms with Gasteiger partial charge in [-0.15, -0.1) is 0 Å². The smallest absolute Gasteiger partial charge is 0.253 e. The maximum atomic E-state index is 12.3. The molecule has 0 bridgehead atoms. The Hall–Kier alpha value is -1.51. The molecule has 2 N–H and O–H groups in total. The lowest BCUT2D eigenvalue weighted by Gasteiger charge is -2.15. The molecular formula is C16H24N2O. The van der Waals surface area contributed by atoms with Crippen LogP contribution in [0, 0.1) is 5.92 Å². The molecule has 0 aromatic heterocycles. The van der Waals surface area contributed by atoms with Crippen molar-refractivity contribution < 1.29 is 4.79 Å². The van der Waals surface area contributed by atoms with Gasteiger partial charge in [0.1, 0.15) is 0 Å². The molecule has 0 saturated heterocycles. The largest absolute Gasteiger partial charge is 0.382 e. The van der Waals surface area contributed by atoms with Gasteiger partial charge in [0.15, 0.2) is 0 Å². The standard InChI is InChI=1S/C16H24N2O/c1-12(2)18-15-10-6-5-9-14(15)16(19)17-11-13-7-3-4-8-13/h5-6,9-10,12-13,18H,3-4,7-8,11H2,1-2H3,(H,17,19). The topological polar surface area (TPSA) is 41.1 Å². The number of para-hydroxylation sites is 1. The summed E-state index contributed by atoms with van der Waals surface area (Å²) in [6.45, 7) is 4.97. The Balaban J connectivity index is 1.97. The van der Waals surface area contributed by atoms with Gasteiger partial charge in [-0.1, -0.05) is 25.0 Å². The molecule has 1 saturated carbocycles. The van der Waals surface area contributed by atoms with E-state index in [-0.39, 0.29) is 5.91 Å². The van der Waals surface area contributed by atoms with Crippen molar-refractivity contribution in [3.8, 4) is 0 Å². The molecule has 1 aliphatic carbocycles. The minimum atomic E-state index is 0.0376. The fourth-order valence-corrected chi connectivity index (χ4v) is 2.66. The first kappa shape index (κ1) is 13.9. The highest BCUT2D eigenvalue weighted by Crippen LogP contribution is 2.24. The number of hydrogen-bond acceptors (Lipinski definition) is 2. The Bertz CT molecular complexity index is 423. The molecule has 2 rings (SSSR count). The Labute approximate surface area is 115 Å². The highest BCUT2D eigenvalue weighted by molar-refractivity contribution is 5.99. The molecule has 1 fully saturated rings. The third kappa shape index (κ3) is 3.98. The van der Waals surface area contributed by atoms with Crippen LogP contribution in [0.2, 0.25) is 0 Å². The van der Waals surface area contributed by atoms with Crippen molar-refractivity contribution in [1.82, 2.24) is 5.32 Å². The third-order valence-electron chi connectivity index (χ3n) is 3.64. The van der Waals surface area contributed by atoms with Crippen LogP contribution in [-0.2, 0) is 0 Å². The predicted molar refractivity (Wildman–Crippen MR) is 79.5 cm³/mol. The molecule has 19 heavy (non-hydrogen) atoms. The van der Waals surface area contributed by atoms with Gasteiger partial charge < -0.3 is 10.6 Å². The molecule has 3 nitrogen and oxygen atoms in total. The number of carbonyl (C=O) groups is 1. The van der Waals surface area contributed by atoms with Gasteiger partial charge >= 0.3 is 0 Å². The molecular weight excluding hydrogens is 236 g/mol. The summed E-state index contributed by atoms with van der Waals surface area (Å²) in [4.78, 5) is 12.3. The van der Waals surface area contributed by atoms with Crippen molar-refractivity contribution in [1.29, 1.82) is 0 Å². The lowest BCUT2D eigenvalue weighted by molar-refractivity contribution is 0.0948. The van der Waals surface area contributed by atoms with E-state index in [4.69, 9.17) is 0 Å². The zero-order chi connectivity index (χ0) is 13.7. The lowest BCUT2D eigenvalue weighted by Crippen LogP contribution is -2.29. The fraction of sp³-hybridized carbons (Fsp3) is 0.562. The van der Waals surface area contributed by atoms with Gasteiger partial charge in [-0.25, -0.2) is 0 Å². The van der Waals surface area contributed by atoms with E-state index < -0.39 is 0 Å². The molecule has 0 radical (unpaired) electrons. The van der Waals surface area contributed by atoms with Crippen molar-refractivity contribution >= 4 is 11.6 Å². The number of rotatable bonds is 5. The first-order valence-corrected chi connectivity index (χ1v) is 7.30. The summed E-state index contributed by atoms with van der Waals surface area (Å²) in [5.74, 6) is 0.713. The monoisotopic (exact) mass is 260 g/mol. The molecule has 3 heteroatoms. The molecule has 1 aromatic carbocycles. The Morgan fingerprint density at radius 1 is 1.26 bits per heavy atom. The van der Waals surface area contributed by atoms with Crippen molar-refractivity contribution in [2.45, 2.75) is 45.6 Å². The number of carbonyl (C=O) groups excluding carboxylic acids is 1. The number of anilines is 1. The molecule has 1 aromatic rings. The number of benzene rings is 1. The van der Waals surface area contributed by atoms with Crippen molar-refractivity contribution in [2.75, 3.05) is 11.9 Å². The predicted octanol–water partition coefficient (Wildman–Crippen LogP) is 3.43. The zero-order valence-corrected chi connectivity index (χ0v) is 11.9. The SMILES string of the molecule is CC(C)Nc1ccccc1C(=O)NCC1CCCC1. The maximum Gasteiger partial charge on any atom is 0.253 e. The molecule has 0 aliphatic heterocycles. The third-order valence-corrected chi connectivity index (χ3v) is 3.64. The van der Waals surface area contributed by atoms with E-state index in [0.29, 0.717) is 12.0 Å².